The molecule has 2 saturated heterocycles. The predicted molar refractivity (Wildman–Crippen MR) is 154 cm³/mol. The Hall–Kier alpha value is -3.29. The van der Waals surface area contributed by atoms with Crippen LogP contribution >= 0.6 is 11.3 Å². The van der Waals surface area contributed by atoms with Crippen molar-refractivity contribution >= 4 is 29.1 Å². The van der Waals surface area contributed by atoms with E-state index in [0.717, 1.165) is 12.8 Å². The third-order valence-corrected chi connectivity index (χ3v) is 9.81. The molecule has 43 heavy (non-hydrogen) atoms. The van der Waals surface area contributed by atoms with Gasteiger partial charge in [-0.25, -0.2) is 22.9 Å². The molecule has 0 radical (unpaired) electrons. The summed E-state index contributed by atoms with van der Waals surface area (Å²) in [7, 11) is 0. The normalized spacial score (nSPS) is 26.2. The number of nitrogens with one attached hydrogen (secondary N) is 1. The van der Waals surface area contributed by atoms with Gasteiger partial charge in [0, 0.05) is 43.0 Å². The molecule has 3 aliphatic heterocycles. The zero-order valence-corrected chi connectivity index (χ0v) is 24.8. The van der Waals surface area contributed by atoms with Crippen molar-refractivity contribution in [1.82, 2.24) is 20.1 Å². The maximum atomic E-state index is 15.7. The van der Waals surface area contributed by atoms with Crippen molar-refractivity contribution in [2.45, 2.75) is 63.6 Å². The van der Waals surface area contributed by atoms with Gasteiger partial charge in [0.2, 0.25) is 0 Å². The highest BCUT2D eigenvalue weighted by Gasteiger charge is 2.61. The van der Waals surface area contributed by atoms with E-state index in [1.807, 2.05) is 0 Å². The van der Waals surface area contributed by atoms with E-state index >= 15 is 8.78 Å². The van der Waals surface area contributed by atoms with E-state index in [4.69, 9.17) is 9.73 Å². The third kappa shape index (κ3) is 5.69. The fourth-order valence-electron chi connectivity index (χ4n) is 6.89. The maximum Gasteiger partial charge on any atom is 0.338 e. The molecule has 230 valence electrons. The van der Waals surface area contributed by atoms with Crippen LogP contribution in [0.2, 0.25) is 0 Å². The van der Waals surface area contributed by atoms with Crippen LogP contribution in [-0.4, -0.2) is 88.5 Å². The standard InChI is InChI=1S/C30H34F3N5O4S/c1-3-42-28(41)23-20(35-26(27-34-10-12-43-27)36-24(23)18-5-4-6-19(31)17(18)2)14-38-16-30(32,33)25-21(38)7-11-37(25)15-29(8-9-29)13-22(39)40/h4-6,10,12,21,24-25H,3,7-9,11,13-16H2,1-2H3,(H,35,36)(H,39,40)/t21?,24-,25?/m0/s1. The SMILES string of the molecule is CCOC(=O)C1=C(CN2CC(F)(F)C3C2CCN3CC2(CC(=O)O)CC2)NC(c2nccs2)=N[C@H]1c1cccc(F)c1C. The number of likely N-dealkylation sites (tertiary alicyclic amines) is 2. The van der Waals surface area contributed by atoms with Crippen LogP contribution in [0.1, 0.15) is 54.8 Å². The number of amidine groups is 1. The van der Waals surface area contributed by atoms with E-state index in [9.17, 15) is 19.1 Å². The van der Waals surface area contributed by atoms with Gasteiger partial charge in [0.1, 0.15) is 11.9 Å². The third-order valence-electron chi connectivity index (χ3n) is 9.03. The number of hydrogen-bond donors (Lipinski definition) is 2. The van der Waals surface area contributed by atoms with Gasteiger partial charge in [0.25, 0.3) is 5.92 Å². The van der Waals surface area contributed by atoms with Crippen molar-refractivity contribution < 1.29 is 32.6 Å². The Morgan fingerprint density at radius 1 is 1.26 bits per heavy atom. The number of alkyl halides is 2. The number of esters is 1. The topological polar surface area (TPSA) is 107 Å². The summed E-state index contributed by atoms with van der Waals surface area (Å²) >= 11 is 1.33. The van der Waals surface area contributed by atoms with Gasteiger partial charge in [-0.1, -0.05) is 12.1 Å². The molecule has 1 aromatic carbocycles. The fourth-order valence-corrected chi connectivity index (χ4v) is 7.48. The van der Waals surface area contributed by atoms with E-state index < -0.39 is 53.8 Å². The van der Waals surface area contributed by atoms with Gasteiger partial charge in [0.05, 0.1) is 31.2 Å². The second-order valence-electron chi connectivity index (χ2n) is 11.9. The van der Waals surface area contributed by atoms with Crippen molar-refractivity contribution in [3.63, 3.8) is 0 Å². The average Bonchev–Trinajstić information content (AvgIpc) is 3.29. The van der Waals surface area contributed by atoms with Crippen LogP contribution in [-0.2, 0) is 14.3 Å². The summed E-state index contributed by atoms with van der Waals surface area (Å²) in [5.41, 5.74) is 0.875. The molecule has 2 aromatic rings. The van der Waals surface area contributed by atoms with E-state index in [1.165, 1.54) is 17.4 Å². The van der Waals surface area contributed by atoms with Crippen LogP contribution in [0.5, 0.6) is 0 Å². The number of benzene rings is 1. The van der Waals surface area contributed by atoms with E-state index in [-0.39, 0.29) is 25.1 Å². The minimum Gasteiger partial charge on any atom is -0.481 e. The number of carboxylic acid groups (broad SMARTS) is 1. The van der Waals surface area contributed by atoms with E-state index in [2.05, 4.69) is 10.3 Å². The molecule has 4 heterocycles. The Morgan fingerprint density at radius 3 is 2.72 bits per heavy atom. The van der Waals surface area contributed by atoms with Gasteiger partial charge >= 0.3 is 11.9 Å². The molecular formula is C30H34F3N5O4S. The minimum atomic E-state index is -3.04. The largest absolute Gasteiger partial charge is 0.481 e. The highest BCUT2D eigenvalue weighted by atomic mass is 32.1. The Labute approximate surface area is 251 Å². The van der Waals surface area contributed by atoms with E-state index in [1.54, 1.807) is 47.4 Å². The molecule has 3 fully saturated rings. The number of halogens is 3. The molecule has 0 spiro atoms. The molecule has 0 bridgehead atoms. The lowest BCUT2D eigenvalue weighted by molar-refractivity contribution is -0.139. The summed E-state index contributed by atoms with van der Waals surface area (Å²) in [5, 5.41) is 14.9. The van der Waals surface area contributed by atoms with Crippen molar-refractivity contribution in [2.75, 3.05) is 32.8 Å². The smallest absolute Gasteiger partial charge is 0.338 e. The molecule has 13 heteroatoms. The van der Waals surface area contributed by atoms with E-state index in [0.29, 0.717) is 47.2 Å². The molecule has 2 unspecified atom stereocenters. The molecule has 0 amide bonds. The summed E-state index contributed by atoms with van der Waals surface area (Å²) in [4.78, 5) is 37.5. The first-order chi connectivity index (χ1) is 20.5. The Morgan fingerprint density at radius 2 is 2.05 bits per heavy atom. The van der Waals surface area contributed by atoms with Gasteiger partial charge in [-0.05, 0) is 55.7 Å². The summed E-state index contributed by atoms with van der Waals surface area (Å²) < 4.78 is 51.6. The number of fused-ring (bicyclic) bond motifs is 1. The van der Waals surface area contributed by atoms with Crippen LogP contribution in [0, 0.1) is 18.2 Å². The van der Waals surface area contributed by atoms with Crippen molar-refractivity contribution in [3.8, 4) is 0 Å². The highest BCUT2D eigenvalue weighted by molar-refractivity contribution is 7.11. The molecule has 2 N–H and O–H groups in total. The Bertz CT molecular complexity index is 1480. The molecule has 1 aliphatic carbocycles. The quantitative estimate of drug-likeness (QED) is 0.383. The number of aliphatic carboxylic acids is 1. The molecule has 1 aromatic heterocycles. The lowest BCUT2D eigenvalue weighted by Gasteiger charge is -2.32. The van der Waals surface area contributed by atoms with Gasteiger partial charge in [0.15, 0.2) is 10.8 Å². The lowest BCUT2D eigenvalue weighted by Crippen LogP contribution is -2.47. The van der Waals surface area contributed by atoms with Crippen LogP contribution in [0.25, 0.3) is 0 Å². The average molecular weight is 618 g/mol. The van der Waals surface area contributed by atoms with Gasteiger partial charge < -0.3 is 15.2 Å². The molecule has 9 nitrogen and oxygen atoms in total. The number of carbonyl (C=O) groups is 2. The number of carbonyl (C=O) groups excluding carboxylic acids is 1. The number of nitrogens with zero attached hydrogens (tertiary/aromatic N) is 4. The van der Waals surface area contributed by atoms with Crippen LogP contribution < -0.4 is 5.32 Å². The number of carboxylic acids is 1. The number of hydrogen-bond acceptors (Lipinski definition) is 9. The fraction of sp³-hybridized carbons (Fsp3) is 0.533. The predicted octanol–water partition coefficient (Wildman–Crippen LogP) is 4.15. The van der Waals surface area contributed by atoms with Gasteiger partial charge in [-0.15, -0.1) is 11.3 Å². The molecule has 4 aliphatic rings. The molecule has 6 rings (SSSR count). The zero-order chi connectivity index (χ0) is 30.5. The maximum absolute atomic E-state index is 15.7. The number of thiazole rings is 1. The monoisotopic (exact) mass is 617 g/mol. The Kier molecular flexibility index (Phi) is 7.84. The minimum absolute atomic E-state index is 0.00568. The Balaban J connectivity index is 1.35. The highest BCUT2D eigenvalue weighted by Crippen LogP contribution is 2.52. The zero-order valence-electron chi connectivity index (χ0n) is 24.0. The number of ether oxygens (including phenoxy) is 1. The first-order valence-corrected chi connectivity index (χ1v) is 15.4. The first kappa shape index (κ1) is 29.8. The first-order valence-electron chi connectivity index (χ1n) is 14.5. The molecule has 3 atom stereocenters. The van der Waals surface area contributed by atoms with Crippen molar-refractivity contribution in [3.05, 3.63) is 63.0 Å². The van der Waals surface area contributed by atoms with Gasteiger partial charge in [-0.3, -0.25) is 19.6 Å². The molecular weight excluding hydrogens is 583 g/mol. The summed E-state index contributed by atoms with van der Waals surface area (Å²) in [6, 6.07) is 2.10. The lowest BCUT2D eigenvalue weighted by atomic mass is 9.92. The number of aliphatic imine (C=N–C) groups is 1. The summed E-state index contributed by atoms with van der Waals surface area (Å²) in [6.45, 7) is 3.64. The molecule has 1 saturated carbocycles. The van der Waals surface area contributed by atoms with Gasteiger partial charge in [-0.2, -0.15) is 0 Å². The van der Waals surface area contributed by atoms with Crippen molar-refractivity contribution in [1.29, 1.82) is 0 Å². The van der Waals surface area contributed by atoms with Crippen LogP contribution in [0.15, 0.2) is 46.0 Å². The van der Waals surface area contributed by atoms with Crippen LogP contribution in [0.4, 0.5) is 13.2 Å². The second-order valence-corrected chi connectivity index (χ2v) is 12.8. The van der Waals surface area contributed by atoms with Crippen LogP contribution in [0.3, 0.4) is 0 Å². The summed E-state index contributed by atoms with van der Waals surface area (Å²) in [5.74, 6) is -4.68. The van der Waals surface area contributed by atoms with Crippen molar-refractivity contribution in [2.24, 2.45) is 10.4 Å². The second kappa shape index (κ2) is 11.3. The number of aromatic nitrogens is 1. The summed E-state index contributed by atoms with van der Waals surface area (Å²) in [6.07, 6.45) is 3.54. The number of rotatable bonds is 10.